The first-order valence-electron chi connectivity index (χ1n) is 18.0. The Bertz CT molecular complexity index is 849. The van der Waals surface area contributed by atoms with Crippen molar-refractivity contribution < 1.29 is 24.2 Å². The van der Waals surface area contributed by atoms with E-state index in [1.807, 2.05) is 0 Å². The van der Waals surface area contributed by atoms with Gasteiger partial charge in [0, 0.05) is 12.8 Å². The Morgan fingerprint density at radius 2 is 1.20 bits per heavy atom. The van der Waals surface area contributed by atoms with Crippen LogP contribution in [0, 0.1) is 0 Å². The number of nitrogens with one attached hydrogen (secondary N) is 1. The van der Waals surface area contributed by atoms with Gasteiger partial charge in [-0.05, 0) is 83.6 Å². The number of nitrogens with two attached hydrogens (primary N) is 1. The molecule has 0 aliphatic heterocycles. The van der Waals surface area contributed by atoms with Gasteiger partial charge in [-0.25, -0.2) is 4.79 Å². The summed E-state index contributed by atoms with van der Waals surface area (Å²) in [6, 6.07) is -0.860. The predicted octanol–water partition coefficient (Wildman–Crippen LogP) is 9.27. The van der Waals surface area contributed by atoms with Crippen molar-refractivity contribution in [3.63, 3.8) is 0 Å². The molecule has 0 bridgehead atoms. The third-order valence-electron chi connectivity index (χ3n) is 7.67. The third kappa shape index (κ3) is 29.8. The Labute approximate surface area is 275 Å². The van der Waals surface area contributed by atoms with Crippen LogP contribution in [0.2, 0.25) is 0 Å². The fraction of sp³-hybridized carbons (Fsp3) is 0.711. The van der Waals surface area contributed by atoms with Crippen molar-refractivity contribution in [2.75, 3.05) is 6.54 Å². The van der Waals surface area contributed by atoms with E-state index in [0.717, 1.165) is 77.0 Å². The van der Waals surface area contributed by atoms with E-state index in [1.165, 1.54) is 32.1 Å². The molecule has 7 heteroatoms. The van der Waals surface area contributed by atoms with E-state index in [-0.39, 0.29) is 18.0 Å². The zero-order chi connectivity index (χ0) is 33.2. The Morgan fingerprint density at radius 3 is 1.76 bits per heavy atom. The lowest BCUT2D eigenvalue weighted by atomic mass is 10.0. The van der Waals surface area contributed by atoms with Crippen LogP contribution in [0.1, 0.15) is 155 Å². The first kappa shape index (κ1) is 42.3. The molecule has 0 aliphatic carbocycles. The summed E-state index contributed by atoms with van der Waals surface area (Å²) in [4.78, 5) is 36.0. The van der Waals surface area contributed by atoms with E-state index >= 15 is 0 Å². The number of rotatable bonds is 31. The minimum Gasteiger partial charge on any atom is -0.480 e. The molecule has 2 atom stereocenters. The molecule has 258 valence electrons. The number of allylic oxidation sites excluding steroid dienone is 8. The zero-order valence-electron chi connectivity index (χ0n) is 28.7. The number of carboxylic acid groups (broad SMARTS) is 1. The van der Waals surface area contributed by atoms with Gasteiger partial charge >= 0.3 is 11.9 Å². The molecule has 0 fully saturated rings. The van der Waals surface area contributed by atoms with Crippen molar-refractivity contribution in [3.8, 4) is 0 Å². The van der Waals surface area contributed by atoms with Gasteiger partial charge in [-0.15, -0.1) is 0 Å². The summed E-state index contributed by atoms with van der Waals surface area (Å²) in [7, 11) is 0. The van der Waals surface area contributed by atoms with Gasteiger partial charge in [-0.2, -0.15) is 0 Å². The molecule has 0 aromatic rings. The molecule has 0 aliphatic rings. The van der Waals surface area contributed by atoms with Crippen LogP contribution in [0.15, 0.2) is 48.6 Å². The van der Waals surface area contributed by atoms with Crippen LogP contribution in [0.25, 0.3) is 0 Å². The van der Waals surface area contributed by atoms with Gasteiger partial charge in [-0.3, -0.25) is 9.59 Å². The highest BCUT2D eigenvalue weighted by Crippen LogP contribution is 2.18. The Hall–Kier alpha value is -2.67. The summed E-state index contributed by atoms with van der Waals surface area (Å²) in [6.07, 6.45) is 37.3. The van der Waals surface area contributed by atoms with Gasteiger partial charge in [0.15, 0.2) is 0 Å². The standard InChI is InChI=1S/C38H66N2O5/c1-3-5-7-9-11-12-13-14-15-16-17-22-26-32-37(42)45-34(28-23-19-10-8-6-4-2)29-24-20-18-21-25-31-36(41)40-35(38(43)44)30-27-33-39/h5,7,11-12,14-15,17,22,34-35H,3-4,6,8-10,13,16,18-21,23-33,39H2,1-2H3,(H,40,41)(H,43,44)/b7-5-,12-11-,15-14-,22-17-. The van der Waals surface area contributed by atoms with E-state index in [4.69, 9.17) is 10.5 Å². The Balaban J connectivity index is 4.32. The zero-order valence-corrected chi connectivity index (χ0v) is 28.7. The first-order valence-corrected chi connectivity index (χ1v) is 18.0. The number of carbonyl (C=O) groups is 3. The summed E-state index contributed by atoms with van der Waals surface area (Å²) >= 11 is 0. The molecule has 0 heterocycles. The maximum atomic E-state index is 12.6. The van der Waals surface area contributed by atoms with Gasteiger partial charge in [0.05, 0.1) is 0 Å². The second kappa shape index (κ2) is 32.7. The second-order valence-corrected chi connectivity index (χ2v) is 11.9. The van der Waals surface area contributed by atoms with Crippen LogP contribution in [0.3, 0.4) is 0 Å². The predicted molar refractivity (Wildman–Crippen MR) is 188 cm³/mol. The molecule has 0 aromatic heterocycles. The number of unbranched alkanes of at least 4 members (excludes halogenated alkanes) is 9. The molecule has 0 spiro atoms. The minimum absolute atomic E-state index is 0.0200. The molecule has 0 saturated heterocycles. The molecule has 2 unspecified atom stereocenters. The smallest absolute Gasteiger partial charge is 0.326 e. The highest BCUT2D eigenvalue weighted by atomic mass is 16.5. The van der Waals surface area contributed by atoms with Gasteiger partial charge in [0.2, 0.25) is 5.91 Å². The number of hydrogen-bond donors (Lipinski definition) is 3. The first-order chi connectivity index (χ1) is 21.9. The van der Waals surface area contributed by atoms with Crippen molar-refractivity contribution in [2.45, 2.75) is 167 Å². The van der Waals surface area contributed by atoms with Crippen LogP contribution in [-0.2, 0) is 19.1 Å². The van der Waals surface area contributed by atoms with Crippen molar-refractivity contribution in [2.24, 2.45) is 5.73 Å². The summed E-state index contributed by atoms with van der Waals surface area (Å²) in [5, 5.41) is 11.9. The maximum absolute atomic E-state index is 12.6. The quantitative estimate of drug-likeness (QED) is 0.0399. The molecule has 0 aromatic carbocycles. The molecule has 0 saturated carbocycles. The molecular weight excluding hydrogens is 564 g/mol. The van der Waals surface area contributed by atoms with E-state index in [9.17, 15) is 19.5 Å². The van der Waals surface area contributed by atoms with E-state index < -0.39 is 12.0 Å². The summed E-state index contributed by atoms with van der Waals surface area (Å²) in [5.74, 6) is -1.33. The minimum atomic E-state index is -1.01. The summed E-state index contributed by atoms with van der Waals surface area (Å²) in [5.41, 5.74) is 5.46. The topological polar surface area (TPSA) is 119 Å². The molecular formula is C38H66N2O5. The van der Waals surface area contributed by atoms with Crippen molar-refractivity contribution in [3.05, 3.63) is 48.6 Å². The number of carboxylic acids is 1. The fourth-order valence-corrected chi connectivity index (χ4v) is 4.99. The molecule has 45 heavy (non-hydrogen) atoms. The third-order valence-corrected chi connectivity index (χ3v) is 7.67. The van der Waals surface area contributed by atoms with Gasteiger partial charge in [0.25, 0.3) is 0 Å². The van der Waals surface area contributed by atoms with E-state index in [0.29, 0.717) is 38.6 Å². The maximum Gasteiger partial charge on any atom is 0.326 e. The van der Waals surface area contributed by atoms with E-state index in [1.54, 1.807) is 0 Å². The van der Waals surface area contributed by atoms with Gasteiger partial charge in [0.1, 0.15) is 12.1 Å². The highest BCUT2D eigenvalue weighted by molar-refractivity contribution is 5.83. The van der Waals surface area contributed by atoms with Crippen LogP contribution in [0.5, 0.6) is 0 Å². The van der Waals surface area contributed by atoms with Crippen molar-refractivity contribution in [1.29, 1.82) is 0 Å². The molecule has 1 amide bonds. The van der Waals surface area contributed by atoms with Gasteiger partial charge in [-0.1, -0.05) is 114 Å². The fourth-order valence-electron chi connectivity index (χ4n) is 4.99. The Morgan fingerprint density at radius 1 is 0.667 bits per heavy atom. The molecule has 7 nitrogen and oxygen atoms in total. The SMILES string of the molecule is CC/C=C\C/C=C\C/C=C\C/C=C\CCC(=O)OC(CCCCCCCC)CCCCCCCC(=O)NC(CCCN)C(=O)O. The lowest BCUT2D eigenvalue weighted by Gasteiger charge is -2.18. The van der Waals surface area contributed by atoms with Crippen LogP contribution in [0.4, 0.5) is 0 Å². The molecule has 0 radical (unpaired) electrons. The monoisotopic (exact) mass is 630 g/mol. The largest absolute Gasteiger partial charge is 0.480 e. The number of hydrogen-bond acceptors (Lipinski definition) is 5. The number of carbonyl (C=O) groups excluding carboxylic acids is 2. The van der Waals surface area contributed by atoms with Crippen LogP contribution >= 0.6 is 0 Å². The number of amides is 1. The van der Waals surface area contributed by atoms with Crippen molar-refractivity contribution in [1.82, 2.24) is 5.32 Å². The second-order valence-electron chi connectivity index (χ2n) is 11.9. The van der Waals surface area contributed by atoms with E-state index in [2.05, 4.69) is 67.8 Å². The van der Waals surface area contributed by atoms with Crippen LogP contribution < -0.4 is 11.1 Å². The number of aliphatic carboxylic acids is 1. The Kier molecular flexibility index (Phi) is 30.8. The number of ether oxygens (including phenoxy) is 1. The van der Waals surface area contributed by atoms with Crippen LogP contribution in [-0.4, -0.2) is 41.6 Å². The summed E-state index contributed by atoms with van der Waals surface area (Å²) < 4.78 is 5.92. The molecule has 0 rings (SSSR count). The number of esters is 1. The molecule has 4 N–H and O–H groups in total. The highest BCUT2D eigenvalue weighted by Gasteiger charge is 2.19. The van der Waals surface area contributed by atoms with Gasteiger partial charge < -0.3 is 20.9 Å². The lowest BCUT2D eigenvalue weighted by Crippen LogP contribution is -2.40. The normalized spacial score (nSPS) is 13.3. The average Bonchev–Trinajstić information content (AvgIpc) is 3.02. The lowest BCUT2D eigenvalue weighted by molar-refractivity contribution is -0.149. The average molecular weight is 631 g/mol. The summed E-state index contributed by atoms with van der Waals surface area (Å²) in [6.45, 7) is 4.77. The van der Waals surface area contributed by atoms with Crippen molar-refractivity contribution >= 4 is 17.8 Å².